The molecule has 2 N–H and O–H groups in total. The minimum absolute atomic E-state index is 0.192. The molecule has 2 rings (SSSR count). The summed E-state index contributed by atoms with van der Waals surface area (Å²) in [6.45, 7) is 3.44. The van der Waals surface area contributed by atoms with Gasteiger partial charge in [-0.25, -0.2) is 4.98 Å². The Kier molecular flexibility index (Phi) is 3.43. The van der Waals surface area contributed by atoms with Crippen LogP contribution in [0.15, 0.2) is 0 Å². The third-order valence-corrected chi connectivity index (χ3v) is 4.45. The molecule has 1 atom stereocenters. The quantitative estimate of drug-likeness (QED) is 0.840. The van der Waals surface area contributed by atoms with E-state index in [4.69, 9.17) is 10.5 Å². The average Bonchev–Trinajstić information content (AvgIpc) is 2.61. The number of hydrogen-bond acceptors (Lipinski definition) is 5. The van der Waals surface area contributed by atoms with Gasteiger partial charge in [-0.3, -0.25) is 0 Å². The third kappa shape index (κ3) is 2.11. The van der Waals surface area contributed by atoms with Crippen molar-refractivity contribution in [1.82, 2.24) is 4.98 Å². The molecular weight excluding hydrogens is 216 g/mol. The average molecular weight is 230 g/mol. The van der Waals surface area contributed by atoms with Gasteiger partial charge in [0.05, 0.1) is 12.3 Å². The van der Waals surface area contributed by atoms with Gasteiger partial charge in [-0.05, 0) is 6.92 Å². The summed E-state index contributed by atoms with van der Waals surface area (Å²) < 4.78 is 5.66. The Morgan fingerprint density at radius 1 is 1.64 bits per heavy atom. The lowest BCUT2D eigenvalue weighted by molar-refractivity contribution is 0.0754. The SMILES string of the molecule is Cc1nc(C2CSCCO2)sc1CN. The molecular formula is C9H14N2OS2. The Hall–Kier alpha value is -0.100. The van der Waals surface area contributed by atoms with E-state index in [9.17, 15) is 0 Å². The van der Waals surface area contributed by atoms with Gasteiger partial charge in [-0.2, -0.15) is 11.8 Å². The largest absolute Gasteiger partial charge is 0.369 e. The number of hydrogen-bond donors (Lipinski definition) is 1. The second-order valence-electron chi connectivity index (χ2n) is 3.20. The second kappa shape index (κ2) is 4.61. The third-order valence-electron chi connectivity index (χ3n) is 2.19. The maximum atomic E-state index is 5.66. The molecule has 0 spiro atoms. The van der Waals surface area contributed by atoms with E-state index in [-0.39, 0.29) is 6.10 Å². The van der Waals surface area contributed by atoms with Crippen LogP contribution in [0.3, 0.4) is 0 Å². The maximum absolute atomic E-state index is 5.66. The zero-order chi connectivity index (χ0) is 9.97. The normalized spacial score (nSPS) is 22.6. The molecule has 0 radical (unpaired) electrons. The van der Waals surface area contributed by atoms with Crippen molar-refractivity contribution in [3.8, 4) is 0 Å². The Morgan fingerprint density at radius 2 is 2.50 bits per heavy atom. The first-order valence-corrected chi connectivity index (χ1v) is 6.64. The van der Waals surface area contributed by atoms with Gasteiger partial charge < -0.3 is 10.5 Å². The minimum atomic E-state index is 0.192. The van der Waals surface area contributed by atoms with Crippen LogP contribution in [0.1, 0.15) is 21.7 Å². The molecule has 0 saturated carbocycles. The summed E-state index contributed by atoms with van der Waals surface area (Å²) in [6, 6.07) is 0. The molecule has 1 fully saturated rings. The van der Waals surface area contributed by atoms with Crippen LogP contribution >= 0.6 is 23.1 Å². The summed E-state index contributed by atoms with van der Waals surface area (Å²) in [4.78, 5) is 5.69. The van der Waals surface area contributed by atoms with Gasteiger partial charge in [-0.1, -0.05) is 0 Å². The summed E-state index contributed by atoms with van der Waals surface area (Å²) >= 11 is 3.62. The molecule has 3 nitrogen and oxygen atoms in total. The highest BCUT2D eigenvalue weighted by Gasteiger charge is 2.20. The highest BCUT2D eigenvalue weighted by atomic mass is 32.2. The summed E-state index contributed by atoms with van der Waals surface area (Å²) in [7, 11) is 0. The molecule has 0 amide bonds. The fourth-order valence-corrected chi connectivity index (χ4v) is 3.36. The zero-order valence-electron chi connectivity index (χ0n) is 8.16. The van der Waals surface area contributed by atoms with E-state index in [1.807, 2.05) is 18.7 Å². The summed E-state index contributed by atoms with van der Waals surface area (Å²) in [6.07, 6.45) is 0.192. The number of nitrogens with two attached hydrogens (primary N) is 1. The van der Waals surface area contributed by atoms with Gasteiger partial charge in [-0.15, -0.1) is 11.3 Å². The lowest BCUT2D eigenvalue weighted by Crippen LogP contribution is -2.15. The monoisotopic (exact) mass is 230 g/mol. The van der Waals surface area contributed by atoms with Gasteiger partial charge in [0.15, 0.2) is 0 Å². The molecule has 1 aromatic heterocycles. The van der Waals surface area contributed by atoms with Crippen molar-refractivity contribution in [2.24, 2.45) is 5.73 Å². The lowest BCUT2D eigenvalue weighted by atomic mass is 10.4. The predicted molar refractivity (Wildman–Crippen MR) is 60.8 cm³/mol. The smallest absolute Gasteiger partial charge is 0.123 e. The molecule has 14 heavy (non-hydrogen) atoms. The molecule has 1 saturated heterocycles. The number of ether oxygens (including phenoxy) is 1. The number of thiazole rings is 1. The standard InChI is InChI=1S/C9H14N2OS2/c1-6-8(4-10)14-9(11-6)7-5-13-3-2-12-7/h7H,2-5,10H2,1H3. The number of rotatable bonds is 2. The lowest BCUT2D eigenvalue weighted by Gasteiger charge is -2.19. The van der Waals surface area contributed by atoms with Crippen molar-refractivity contribution in [1.29, 1.82) is 0 Å². The first-order valence-electron chi connectivity index (χ1n) is 4.67. The Balaban J connectivity index is 2.14. The highest BCUT2D eigenvalue weighted by molar-refractivity contribution is 7.99. The number of nitrogens with zero attached hydrogens (tertiary/aromatic N) is 1. The van der Waals surface area contributed by atoms with Crippen molar-refractivity contribution in [3.05, 3.63) is 15.6 Å². The summed E-state index contributed by atoms with van der Waals surface area (Å²) in [5.74, 6) is 2.13. The van der Waals surface area contributed by atoms with Crippen molar-refractivity contribution in [2.45, 2.75) is 19.6 Å². The highest BCUT2D eigenvalue weighted by Crippen LogP contribution is 2.30. The molecule has 1 aliphatic rings. The van der Waals surface area contributed by atoms with E-state index in [1.165, 1.54) is 4.88 Å². The summed E-state index contributed by atoms with van der Waals surface area (Å²) in [5, 5.41) is 1.09. The van der Waals surface area contributed by atoms with E-state index >= 15 is 0 Å². The van der Waals surface area contributed by atoms with Crippen LogP contribution in [0.5, 0.6) is 0 Å². The van der Waals surface area contributed by atoms with Crippen molar-refractivity contribution in [2.75, 3.05) is 18.1 Å². The Labute approximate surface area is 92.1 Å². The Bertz CT molecular complexity index is 308. The van der Waals surface area contributed by atoms with Crippen LogP contribution < -0.4 is 5.73 Å². The molecule has 5 heteroatoms. The molecule has 2 heterocycles. The van der Waals surface area contributed by atoms with E-state index in [2.05, 4.69) is 4.98 Å². The van der Waals surface area contributed by atoms with Crippen molar-refractivity contribution >= 4 is 23.1 Å². The van der Waals surface area contributed by atoms with Crippen LogP contribution in [0.2, 0.25) is 0 Å². The first-order chi connectivity index (χ1) is 6.81. The van der Waals surface area contributed by atoms with Crippen LogP contribution in [0.4, 0.5) is 0 Å². The van der Waals surface area contributed by atoms with E-state index in [0.717, 1.165) is 28.8 Å². The summed E-state index contributed by atoms with van der Waals surface area (Å²) in [5.41, 5.74) is 6.68. The molecule has 1 aromatic rings. The topological polar surface area (TPSA) is 48.1 Å². The Morgan fingerprint density at radius 3 is 3.07 bits per heavy atom. The maximum Gasteiger partial charge on any atom is 0.123 e. The van der Waals surface area contributed by atoms with E-state index in [0.29, 0.717) is 6.54 Å². The van der Waals surface area contributed by atoms with Crippen LogP contribution in [0.25, 0.3) is 0 Å². The fraction of sp³-hybridized carbons (Fsp3) is 0.667. The van der Waals surface area contributed by atoms with E-state index < -0.39 is 0 Å². The van der Waals surface area contributed by atoms with Crippen LogP contribution in [0, 0.1) is 6.92 Å². The number of thioether (sulfide) groups is 1. The first kappa shape index (κ1) is 10.4. The number of aromatic nitrogens is 1. The minimum Gasteiger partial charge on any atom is -0.369 e. The van der Waals surface area contributed by atoms with Crippen molar-refractivity contribution in [3.63, 3.8) is 0 Å². The predicted octanol–water partition coefficient (Wildman–Crippen LogP) is 1.71. The van der Waals surface area contributed by atoms with Gasteiger partial charge in [0, 0.05) is 22.9 Å². The fourth-order valence-electron chi connectivity index (χ4n) is 1.41. The molecule has 1 unspecified atom stereocenters. The van der Waals surface area contributed by atoms with Gasteiger partial charge >= 0.3 is 0 Å². The molecule has 1 aliphatic heterocycles. The van der Waals surface area contributed by atoms with E-state index in [1.54, 1.807) is 11.3 Å². The van der Waals surface area contributed by atoms with Gasteiger partial charge in [0.25, 0.3) is 0 Å². The molecule has 0 bridgehead atoms. The van der Waals surface area contributed by atoms with Gasteiger partial charge in [0.1, 0.15) is 11.1 Å². The molecule has 0 aromatic carbocycles. The second-order valence-corrected chi connectivity index (χ2v) is 5.46. The van der Waals surface area contributed by atoms with Crippen molar-refractivity contribution < 1.29 is 4.74 Å². The van der Waals surface area contributed by atoms with Crippen LogP contribution in [-0.4, -0.2) is 23.1 Å². The molecule has 78 valence electrons. The van der Waals surface area contributed by atoms with Gasteiger partial charge in [0.2, 0.25) is 0 Å². The van der Waals surface area contributed by atoms with Crippen LogP contribution in [-0.2, 0) is 11.3 Å². The zero-order valence-corrected chi connectivity index (χ0v) is 9.79. The number of aryl methyl sites for hydroxylation is 1. The molecule has 0 aliphatic carbocycles.